The van der Waals surface area contributed by atoms with Crippen molar-refractivity contribution in [2.75, 3.05) is 7.05 Å². The first-order valence-corrected chi connectivity index (χ1v) is 4.74. The highest BCUT2D eigenvalue weighted by Gasteiger charge is 2.34. The maximum absolute atomic E-state index is 11.7. The van der Waals surface area contributed by atoms with E-state index < -0.39 is 0 Å². The van der Waals surface area contributed by atoms with Crippen LogP contribution in [0, 0.1) is 23.2 Å². The van der Waals surface area contributed by atoms with Gasteiger partial charge in [0.25, 0.3) is 0 Å². The molecule has 0 aromatic rings. The van der Waals surface area contributed by atoms with Gasteiger partial charge in [0.2, 0.25) is 5.91 Å². The Morgan fingerprint density at radius 2 is 2.08 bits per heavy atom. The maximum atomic E-state index is 11.7. The molecule has 2 atom stereocenters. The van der Waals surface area contributed by atoms with Crippen LogP contribution in [0.5, 0.6) is 0 Å². The van der Waals surface area contributed by atoms with Gasteiger partial charge in [-0.3, -0.25) is 4.79 Å². The predicted molar refractivity (Wildman–Crippen MR) is 49.7 cm³/mol. The number of nitriles is 1. The Morgan fingerprint density at radius 1 is 1.54 bits per heavy atom. The van der Waals surface area contributed by atoms with Gasteiger partial charge in [0.15, 0.2) is 0 Å². The number of rotatable bonds is 3. The molecule has 0 aromatic carbocycles. The molecule has 2 unspecified atom stereocenters. The molecule has 13 heavy (non-hydrogen) atoms. The fourth-order valence-electron chi connectivity index (χ4n) is 1.40. The van der Waals surface area contributed by atoms with E-state index in [0.717, 1.165) is 0 Å². The molecule has 72 valence electrons. The average Bonchev–Trinajstić information content (AvgIpc) is 2.96. The summed E-state index contributed by atoms with van der Waals surface area (Å²) in [6, 6.07) is 1.75. The molecule has 3 nitrogen and oxygen atoms in total. The predicted octanol–water partition coefficient (Wildman–Crippen LogP) is 1.40. The lowest BCUT2D eigenvalue weighted by molar-refractivity contribution is -0.135. The monoisotopic (exact) mass is 180 g/mol. The third-order valence-electron chi connectivity index (χ3n) is 2.83. The molecule has 0 spiro atoms. The fraction of sp³-hybridized carbons (Fsp3) is 0.800. The Bertz CT molecular complexity index is 240. The molecular weight excluding hydrogens is 164 g/mol. The lowest BCUT2D eigenvalue weighted by Crippen LogP contribution is -2.38. The Labute approximate surface area is 79.3 Å². The number of amides is 1. The van der Waals surface area contributed by atoms with Crippen LogP contribution in [0.1, 0.15) is 26.7 Å². The van der Waals surface area contributed by atoms with E-state index in [0.29, 0.717) is 5.92 Å². The van der Waals surface area contributed by atoms with Crippen molar-refractivity contribution in [1.29, 1.82) is 5.26 Å². The van der Waals surface area contributed by atoms with Crippen LogP contribution in [0.15, 0.2) is 0 Å². The third-order valence-corrected chi connectivity index (χ3v) is 2.83. The molecule has 0 aliphatic heterocycles. The van der Waals surface area contributed by atoms with Crippen LogP contribution in [-0.4, -0.2) is 23.9 Å². The second-order valence-corrected chi connectivity index (χ2v) is 3.88. The third kappa shape index (κ3) is 2.21. The lowest BCUT2D eigenvalue weighted by atomic mass is 10.0. The molecule has 0 heterocycles. The highest BCUT2D eigenvalue weighted by Crippen LogP contribution is 2.37. The highest BCUT2D eigenvalue weighted by molar-refractivity contribution is 5.79. The minimum atomic E-state index is -0.311. The smallest absolute Gasteiger partial charge is 0.226 e. The van der Waals surface area contributed by atoms with Crippen molar-refractivity contribution in [3.05, 3.63) is 0 Å². The minimum absolute atomic E-state index is 0.0980. The zero-order chi connectivity index (χ0) is 10.0. The van der Waals surface area contributed by atoms with E-state index in [-0.39, 0.29) is 17.9 Å². The van der Waals surface area contributed by atoms with Crippen molar-refractivity contribution in [3.8, 4) is 6.07 Å². The Kier molecular flexibility index (Phi) is 2.92. The summed E-state index contributed by atoms with van der Waals surface area (Å²) in [5.74, 6) is 0.776. The first-order valence-electron chi connectivity index (χ1n) is 4.74. The van der Waals surface area contributed by atoms with Crippen molar-refractivity contribution in [3.63, 3.8) is 0 Å². The molecule has 1 aliphatic carbocycles. The van der Waals surface area contributed by atoms with Gasteiger partial charge in [-0.05, 0) is 25.7 Å². The van der Waals surface area contributed by atoms with Crippen LogP contribution in [0.4, 0.5) is 0 Å². The zero-order valence-corrected chi connectivity index (χ0v) is 8.45. The summed E-state index contributed by atoms with van der Waals surface area (Å²) in [7, 11) is 1.70. The Morgan fingerprint density at radius 3 is 2.46 bits per heavy atom. The van der Waals surface area contributed by atoms with Gasteiger partial charge < -0.3 is 4.90 Å². The van der Waals surface area contributed by atoms with Crippen LogP contribution in [-0.2, 0) is 4.79 Å². The van der Waals surface area contributed by atoms with Gasteiger partial charge in [0.1, 0.15) is 6.04 Å². The van der Waals surface area contributed by atoms with E-state index >= 15 is 0 Å². The van der Waals surface area contributed by atoms with Crippen molar-refractivity contribution in [2.45, 2.75) is 32.7 Å². The zero-order valence-electron chi connectivity index (χ0n) is 8.45. The van der Waals surface area contributed by atoms with E-state index in [1.807, 2.05) is 6.92 Å². The second kappa shape index (κ2) is 3.78. The van der Waals surface area contributed by atoms with E-state index in [9.17, 15) is 4.79 Å². The van der Waals surface area contributed by atoms with E-state index in [1.54, 1.807) is 18.9 Å². The van der Waals surface area contributed by atoms with Crippen molar-refractivity contribution in [1.82, 2.24) is 4.90 Å². The molecule has 3 heteroatoms. The molecule has 0 bridgehead atoms. The summed E-state index contributed by atoms with van der Waals surface area (Å²) >= 11 is 0. The number of nitrogens with zero attached hydrogens (tertiary/aromatic N) is 2. The van der Waals surface area contributed by atoms with Gasteiger partial charge in [-0.1, -0.05) is 6.92 Å². The summed E-state index contributed by atoms with van der Waals surface area (Å²) < 4.78 is 0. The topological polar surface area (TPSA) is 44.1 Å². The lowest BCUT2D eigenvalue weighted by Gasteiger charge is -2.23. The van der Waals surface area contributed by atoms with E-state index in [4.69, 9.17) is 5.26 Å². The Hall–Kier alpha value is -1.04. The molecule has 1 aliphatic rings. The molecule has 1 saturated carbocycles. The van der Waals surface area contributed by atoms with Gasteiger partial charge in [-0.15, -0.1) is 0 Å². The Balaban J connectivity index is 2.51. The SMILES string of the molecule is CC(C(=O)N(C)C(C)C#N)C1CC1. The number of hydrogen-bond donors (Lipinski definition) is 0. The molecule has 1 rings (SSSR count). The van der Waals surface area contributed by atoms with Crippen molar-refractivity contribution >= 4 is 5.91 Å². The summed E-state index contributed by atoms with van der Waals surface area (Å²) in [5, 5.41) is 8.65. The molecule has 0 aromatic heterocycles. The van der Waals surface area contributed by atoms with Crippen LogP contribution in [0.2, 0.25) is 0 Å². The molecule has 0 radical (unpaired) electrons. The van der Waals surface area contributed by atoms with Crippen LogP contribution < -0.4 is 0 Å². The van der Waals surface area contributed by atoms with Crippen molar-refractivity contribution in [2.24, 2.45) is 11.8 Å². The first kappa shape index (κ1) is 10.0. The first-order chi connectivity index (χ1) is 6.07. The van der Waals surface area contributed by atoms with E-state index in [1.165, 1.54) is 12.8 Å². The van der Waals surface area contributed by atoms with Gasteiger partial charge >= 0.3 is 0 Å². The van der Waals surface area contributed by atoms with Crippen LogP contribution in [0.3, 0.4) is 0 Å². The van der Waals surface area contributed by atoms with Crippen LogP contribution >= 0.6 is 0 Å². The van der Waals surface area contributed by atoms with E-state index in [2.05, 4.69) is 6.07 Å². The summed E-state index contributed by atoms with van der Waals surface area (Å²) in [6.45, 7) is 3.71. The molecular formula is C10H16N2O. The summed E-state index contributed by atoms with van der Waals surface area (Å²) in [6.07, 6.45) is 2.34. The minimum Gasteiger partial charge on any atom is -0.330 e. The number of hydrogen-bond acceptors (Lipinski definition) is 2. The highest BCUT2D eigenvalue weighted by atomic mass is 16.2. The normalized spacial score (nSPS) is 20.2. The van der Waals surface area contributed by atoms with Gasteiger partial charge in [-0.25, -0.2) is 0 Å². The maximum Gasteiger partial charge on any atom is 0.226 e. The van der Waals surface area contributed by atoms with Gasteiger partial charge in [0, 0.05) is 13.0 Å². The second-order valence-electron chi connectivity index (χ2n) is 3.88. The van der Waals surface area contributed by atoms with Crippen molar-refractivity contribution < 1.29 is 4.79 Å². The van der Waals surface area contributed by atoms with Crippen LogP contribution in [0.25, 0.3) is 0 Å². The fourth-order valence-corrected chi connectivity index (χ4v) is 1.40. The van der Waals surface area contributed by atoms with Gasteiger partial charge in [-0.2, -0.15) is 5.26 Å². The molecule has 0 N–H and O–H groups in total. The standard InChI is InChI=1S/C10H16N2O/c1-7(6-11)12(3)10(13)8(2)9-4-5-9/h7-9H,4-5H2,1-3H3. The molecule has 0 saturated heterocycles. The summed E-state index contributed by atoms with van der Waals surface area (Å²) in [4.78, 5) is 13.2. The average molecular weight is 180 g/mol. The quantitative estimate of drug-likeness (QED) is 0.659. The largest absolute Gasteiger partial charge is 0.330 e. The summed E-state index contributed by atoms with van der Waals surface area (Å²) in [5.41, 5.74) is 0. The molecule has 1 amide bonds. The number of carbonyl (C=O) groups is 1. The number of carbonyl (C=O) groups excluding carboxylic acids is 1. The molecule has 1 fully saturated rings. The van der Waals surface area contributed by atoms with Gasteiger partial charge in [0.05, 0.1) is 6.07 Å².